The molecule has 2 rings (SSSR count). The highest BCUT2D eigenvalue weighted by Gasteiger charge is 2.31. The number of hydrogen-bond acceptors (Lipinski definition) is 3. The normalized spacial score (nSPS) is 29.0. The number of carbonyl (C=O) groups excluding carboxylic acids is 1. The van der Waals surface area contributed by atoms with E-state index in [0.29, 0.717) is 12.5 Å². The van der Waals surface area contributed by atoms with Crippen LogP contribution in [0.4, 0.5) is 0 Å². The van der Waals surface area contributed by atoms with Gasteiger partial charge in [0.1, 0.15) is 0 Å². The molecule has 0 bridgehead atoms. The predicted octanol–water partition coefficient (Wildman–Crippen LogP) is 0.729. The second-order valence-corrected chi connectivity index (χ2v) is 5.22. The lowest BCUT2D eigenvalue weighted by Crippen LogP contribution is -2.47. The molecule has 17 heavy (non-hydrogen) atoms. The fraction of sp³-hybridized carbons (Fsp3) is 0.923. The molecule has 2 atom stereocenters. The third-order valence-corrected chi connectivity index (χ3v) is 3.96. The van der Waals surface area contributed by atoms with Crippen LogP contribution in [0.2, 0.25) is 0 Å². The highest BCUT2D eigenvalue weighted by molar-refractivity contribution is 5.76. The molecule has 0 aromatic rings. The van der Waals surface area contributed by atoms with Gasteiger partial charge in [-0.25, -0.2) is 0 Å². The molecule has 0 aromatic heterocycles. The minimum absolute atomic E-state index is 0.211. The van der Waals surface area contributed by atoms with Crippen LogP contribution in [0, 0.1) is 0 Å². The van der Waals surface area contributed by atoms with Crippen molar-refractivity contribution in [3.8, 4) is 0 Å². The molecule has 2 N–H and O–H groups in total. The van der Waals surface area contributed by atoms with Gasteiger partial charge in [0.25, 0.3) is 0 Å². The molecule has 0 aliphatic carbocycles. The maximum absolute atomic E-state index is 11.7. The summed E-state index contributed by atoms with van der Waals surface area (Å²) in [6.45, 7) is 6.24. The van der Waals surface area contributed by atoms with Crippen LogP contribution in [0.15, 0.2) is 0 Å². The van der Waals surface area contributed by atoms with Crippen molar-refractivity contribution in [3.05, 3.63) is 0 Å². The molecule has 1 amide bonds. The molecular formula is C13H25N3O. The summed E-state index contributed by atoms with van der Waals surface area (Å²) in [7, 11) is 0. The van der Waals surface area contributed by atoms with E-state index in [1.807, 2.05) is 0 Å². The van der Waals surface area contributed by atoms with Gasteiger partial charge in [-0.3, -0.25) is 4.79 Å². The van der Waals surface area contributed by atoms with Crippen molar-refractivity contribution < 1.29 is 4.79 Å². The zero-order valence-corrected chi connectivity index (χ0v) is 10.9. The summed E-state index contributed by atoms with van der Waals surface area (Å²) in [5, 5.41) is 6.37. The Kier molecular flexibility index (Phi) is 4.80. The van der Waals surface area contributed by atoms with E-state index in [1.54, 1.807) is 0 Å². The van der Waals surface area contributed by atoms with Crippen LogP contribution in [0.25, 0.3) is 0 Å². The van der Waals surface area contributed by atoms with Crippen molar-refractivity contribution in [2.45, 2.75) is 51.1 Å². The monoisotopic (exact) mass is 239 g/mol. The zero-order chi connectivity index (χ0) is 12.1. The van der Waals surface area contributed by atoms with E-state index in [1.165, 1.54) is 25.9 Å². The van der Waals surface area contributed by atoms with E-state index < -0.39 is 0 Å². The van der Waals surface area contributed by atoms with Gasteiger partial charge in [-0.05, 0) is 38.8 Å². The standard InChI is InChI=1S/C13H25N3O/c1-2-14-7-5-13(17)15-11-6-9-16-8-3-4-12(16)10-11/h11-12,14H,2-10H2,1H3,(H,15,17). The first-order chi connectivity index (χ1) is 8.29. The quantitative estimate of drug-likeness (QED) is 0.695. The highest BCUT2D eigenvalue weighted by Crippen LogP contribution is 2.26. The van der Waals surface area contributed by atoms with Gasteiger partial charge in [-0.15, -0.1) is 0 Å². The van der Waals surface area contributed by atoms with Crippen molar-refractivity contribution in [2.24, 2.45) is 0 Å². The van der Waals surface area contributed by atoms with E-state index in [4.69, 9.17) is 0 Å². The van der Waals surface area contributed by atoms with Gasteiger partial charge in [0, 0.05) is 31.6 Å². The average molecular weight is 239 g/mol. The lowest BCUT2D eigenvalue weighted by molar-refractivity contribution is -0.122. The molecule has 4 heteroatoms. The fourth-order valence-corrected chi connectivity index (χ4v) is 3.03. The summed E-state index contributed by atoms with van der Waals surface area (Å²) < 4.78 is 0. The van der Waals surface area contributed by atoms with Crippen LogP contribution in [0.1, 0.15) is 39.0 Å². The Bertz CT molecular complexity index is 257. The van der Waals surface area contributed by atoms with Crippen LogP contribution < -0.4 is 10.6 Å². The molecule has 98 valence electrons. The Morgan fingerprint density at radius 1 is 1.35 bits per heavy atom. The summed E-state index contributed by atoms with van der Waals surface area (Å²) in [5.41, 5.74) is 0. The predicted molar refractivity (Wildman–Crippen MR) is 68.9 cm³/mol. The maximum atomic E-state index is 11.7. The molecule has 0 radical (unpaired) electrons. The van der Waals surface area contributed by atoms with Gasteiger partial charge in [-0.1, -0.05) is 6.92 Å². The van der Waals surface area contributed by atoms with Gasteiger partial charge < -0.3 is 15.5 Å². The number of nitrogens with zero attached hydrogens (tertiary/aromatic N) is 1. The largest absolute Gasteiger partial charge is 0.353 e. The molecule has 0 saturated carbocycles. The molecule has 2 heterocycles. The number of rotatable bonds is 5. The number of amides is 1. The van der Waals surface area contributed by atoms with Crippen molar-refractivity contribution in [1.82, 2.24) is 15.5 Å². The number of carbonyl (C=O) groups is 1. The number of piperidine rings is 1. The van der Waals surface area contributed by atoms with Gasteiger partial charge in [0.05, 0.1) is 0 Å². The third-order valence-electron chi connectivity index (χ3n) is 3.96. The molecule has 2 aliphatic rings. The summed E-state index contributed by atoms with van der Waals surface area (Å²) in [4.78, 5) is 14.3. The Morgan fingerprint density at radius 2 is 2.24 bits per heavy atom. The van der Waals surface area contributed by atoms with E-state index in [9.17, 15) is 4.79 Å². The highest BCUT2D eigenvalue weighted by atomic mass is 16.1. The van der Waals surface area contributed by atoms with Gasteiger partial charge in [0.2, 0.25) is 5.91 Å². The van der Waals surface area contributed by atoms with Crippen molar-refractivity contribution in [2.75, 3.05) is 26.2 Å². The Labute approximate surface area is 104 Å². The number of nitrogens with one attached hydrogen (secondary N) is 2. The van der Waals surface area contributed by atoms with Crippen molar-refractivity contribution in [1.29, 1.82) is 0 Å². The molecule has 4 nitrogen and oxygen atoms in total. The summed E-state index contributed by atoms with van der Waals surface area (Å²) in [6.07, 6.45) is 5.56. The second-order valence-electron chi connectivity index (χ2n) is 5.22. The molecule has 2 saturated heterocycles. The first kappa shape index (κ1) is 12.8. The summed E-state index contributed by atoms with van der Waals surface area (Å²) in [6, 6.07) is 1.16. The van der Waals surface area contributed by atoms with E-state index >= 15 is 0 Å². The molecule has 2 aliphatic heterocycles. The fourth-order valence-electron chi connectivity index (χ4n) is 3.03. The van der Waals surface area contributed by atoms with E-state index in [0.717, 1.165) is 32.0 Å². The summed E-state index contributed by atoms with van der Waals surface area (Å²) >= 11 is 0. The van der Waals surface area contributed by atoms with E-state index in [2.05, 4.69) is 22.5 Å². The molecule has 0 aromatic carbocycles. The van der Waals surface area contributed by atoms with Crippen LogP contribution in [-0.2, 0) is 4.79 Å². The topological polar surface area (TPSA) is 44.4 Å². The van der Waals surface area contributed by atoms with Crippen LogP contribution in [0.5, 0.6) is 0 Å². The second kappa shape index (κ2) is 6.36. The van der Waals surface area contributed by atoms with Crippen LogP contribution in [0.3, 0.4) is 0 Å². The lowest BCUT2D eigenvalue weighted by atomic mass is 9.97. The smallest absolute Gasteiger partial charge is 0.221 e. The zero-order valence-electron chi connectivity index (χ0n) is 10.9. The van der Waals surface area contributed by atoms with Crippen LogP contribution in [-0.4, -0.2) is 49.1 Å². The first-order valence-corrected chi connectivity index (χ1v) is 7.03. The van der Waals surface area contributed by atoms with Gasteiger partial charge >= 0.3 is 0 Å². The maximum Gasteiger partial charge on any atom is 0.221 e. The van der Waals surface area contributed by atoms with E-state index in [-0.39, 0.29) is 5.91 Å². The average Bonchev–Trinajstić information content (AvgIpc) is 2.76. The SMILES string of the molecule is CCNCCC(=O)NC1CCN2CCCC2C1. The Hall–Kier alpha value is -0.610. The molecular weight excluding hydrogens is 214 g/mol. The number of fused-ring (bicyclic) bond motifs is 1. The lowest BCUT2D eigenvalue weighted by Gasteiger charge is -2.35. The molecule has 2 fully saturated rings. The number of hydrogen-bond donors (Lipinski definition) is 2. The van der Waals surface area contributed by atoms with Crippen molar-refractivity contribution in [3.63, 3.8) is 0 Å². The van der Waals surface area contributed by atoms with Gasteiger partial charge in [-0.2, -0.15) is 0 Å². The molecule has 0 spiro atoms. The van der Waals surface area contributed by atoms with Crippen molar-refractivity contribution >= 4 is 5.91 Å². The Morgan fingerprint density at radius 3 is 3.06 bits per heavy atom. The van der Waals surface area contributed by atoms with Crippen LogP contribution >= 0.6 is 0 Å². The Balaban J connectivity index is 1.67. The first-order valence-electron chi connectivity index (χ1n) is 7.03. The third kappa shape index (κ3) is 3.68. The van der Waals surface area contributed by atoms with Gasteiger partial charge in [0.15, 0.2) is 0 Å². The minimum Gasteiger partial charge on any atom is -0.353 e. The minimum atomic E-state index is 0.211. The molecule has 2 unspecified atom stereocenters. The summed E-state index contributed by atoms with van der Waals surface area (Å²) in [5.74, 6) is 0.211.